The van der Waals surface area contributed by atoms with Gasteiger partial charge in [0, 0.05) is 24.0 Å². The van der Waals surface area contributed by atoms with Gasteiger partial charge in [0.05, 0.1) is 25.1 Å². The lowest BCUT2D eigenvalue weighted by Crippen LogP contribution is -2.58. The molecule has 4 rings (SSSR count). The molecule has 11 heteroatoms. The highest BCUT2D eigenvalue weighted by molar-refractivity contribution is 9.11. The summed E-state index contributed by atoms with van der Waals surface area (Å²) >= 11 is 3.53. The van der Waals surface area contributed by atoms with Crippen LogP contribution in [0.3, 0.4) is 0 Å². The van der Waals surface area contributed by atoms with Crippen LogP contribution < -0.4 is 5.32 Å². The molecule has 0 radical (unpaired) electrons. The fourth-order valence-corrected chi connectivity index (χ4v) is 6.96. The molecule has 4 heterocycles. The SMILES string of the molecule is CCCCCN1C/C=C\CCC(=O)NC[C@H](C)OC(=O)[C@H]2[C@@H]3O[C@@]4(C=C3Br)[C@@H]2C(=O)N([C@@H](CC)CO)[C@@H]4C1=O. The number of aliphatic hydroxyl groups is 1. The molecule has 7 atom stereocenters. The first kappa shape index (κ1) is 29.7. The molecule has 5 bridgehead atoms. The highest BCUT2D eigenvalue weighted by atomic mass is 79.9. The third-order valence-corrected chi connectivity index (χ3v) is 8.90. The number of carbonyl (C=O) groups is 4. The van der Waals surface area contributed by atoms with Crippen LogP contribution in [0.15, 0.2) is 22.7 Å². The van der Waals surface area contributed by atoms with Crippen molar-refractivity contribution in [1.82, 2.24) is 15.1 Å². The van der Waals surface area contributed by atoms with Gasteiger partial charge in [-0.1, -0.05) is 54.8 Å². The lowest BCUT2D eigenvalue weighted by Gasteiger charge is -2.38. The lowest BCUT2D eigenvalue weighted by molar-refractivity contribution is -0.159. The normalized spacial score (nSPS) is 35.0. The number of likely N-dealkylation sites (tertiary alicyclic amines) is 1. The van der Waals surface area contributed by atoms with Crippen molar-refractivity contribution in [3.8, 4) is 0 Å². The van der Waals surface area contributed by atoms with Crippen LogP contribution in [0.5, 0.6) is 0 Å². The number of rotatable bonds is 7. The van der Waals surface area contributed by atoms with E-state index in [2.05, 4.69) is 28.2 Å². The smallest absolute Gasteiger partial charge is 0.313 e. The summed E-state index contributed by atoms with van der Waals surface area (Å²) in [6.07, 6.45) is 8.10. The van der Waals surface area contributed by atoms with Crippen LogP contribution in [-0.2, 0) is 28.7 Å². The zero-order chi connectivity index (χ0) is 28.3. The second-order valence-corrected chi connectivity index (χ2v) is 11.8. The van der Waals surface area contributed by atoms with Gasteiger partial charge in [-0.3, -0.25) is 19.2 Å². The molecule has 2 N–H and O–H groups in total. The van der Waals surface area contributed by atoms with E-state index in [1.165, 1.54) is 4.90 Å². The summed E-state index contributed by atoms with van der Waals surface area (Å²) in [5, 5.41) is 13.0. The number of esters is 1. The van der Waals surface area contributed by atoms with Crippen LogP contribution in [0.1, 0.15) is 59.3 Å². The number of hydrogen-bond donors (Lipinski definition) is 2. The van der Waals surface area contributed by atoms with Crippen molar-refractivity contribution in [2.45, 2.75) is 89.2 Å². The van der Waals surface area contributed by atoms with Gasteiger partial charge in [-0.05, 0) is 32.3 Å². The molecule has 39 heavy (non-hydrogen) atoms. The second kappa shape index (κ2) is 12.5. The Morgan fingerprint density at radius 3 is 2.64 bits per heavy atom. The van der Waals surface area contributed by atoms with Crippen LogP contribution in [0.2, 0.25) is 0 Å². The number of halogens is 1. The molecule has 2 saturated heterocycles. The van der Waals surface area contributed by atoms with Crippen LogP contribution >= 0.6 is 15.9 Å². The van der Waals surface area contributed by atoms with Crippen molar-refractivity contribution >= 4 is 39.6 Å². The molecule has 0 unspecified atom stereocenters. The van der Waals surface area contributed by atoms with Crippen molar-refractivity contribution in [3.05, 3.63) is 22.7 Å². The van der Waals surface area contributed by atoms with E-state index in [1.807, 2.05) is 19.1 Å². The van der Waals surface area contributed by atoms with E-state index in [4.69, 9.17) is 9.47 Å². The number of allylic oxidation sites excluding steroid dienone is 1. The summed E-state index contributed by atoms with van der Waals surface area (Å²) in [4.78, 5) is 57.5. The number of nitrogens with zero attached hydrogens (tertiary/aromatic N) is 2. The minimum atomic E-state index is -1.36. The Morgan fingerprint density at radius 1 is 1.18 bits per heavy atom. The number of ether oxygens (including phenoxy) is 2. The zero-order valence-electron chi connectivity index (χ0n) is 22.9. The summed E-state index contributed by atoms with van der Waals surface area (Å²) in [6, 6.07) is -1.64. The molecule has 1 spiro atoms. The Morgan fingerprint density at radius 2 is 1.95 bits per heavy atom. The molecule has 4 aliphatic rings. The van der Waals surface area contributed by atoms with Crippen molar-refractivity contribution in [3.63, 3.8) is 0 Å². The standard InChI is InChI=1S/C28H40BrN3O7/c1-4-6-9-12-31-13-10-7-8-11-20(34)30-15-17(3)38-27(37)21-22-25(35)32(18(5-2)16-33)24(26(31)36)28(22)14-19(29)23(21)39-28/h7,10,14,17-18,21-24,33H,4-6,8-9,11-13,15-16H2,1-3H3,(H,30,34)/b10-7-/t17-,18-,21+,22-,23+,24+,28-/m0/s1. The van der Waals surface area contributed by atoms with Gasteiger partial charge >= 0.3 is 5.97 Å². The van der Waals surface area contributed by atoms with E-state index in [-0.39, 0.29) is 37.3 Å². The molecule has 4 aliphatic heterocycles. The molecule has 0 aromatic carbocycles. The first-order valence-corrected chi connectivity index (χ1v) is 14.9. The predicted molar refractivity (Wildman–Crippen MR) is 146 cm³/mol. The van der Waals surface area contributed by atoms with E-state index in [1.54, 1.807) is 17.9 Å². The first-order chi connectivity index (χ1) is 18.7. The maximum atomic E-state index is 14.4. The molecule has 0 aromatic rings. The number of hydrogen-bond acceptors (Lipinski definition) is 7. The van der Waals surface area contributed by atoms with Crippen molar-refractivity contribution in [2.75, 3.05) is 26.2 Å². The predicted octanol–water partition coefficient (Wildman–Crippen LogP) is 2.05. The summed E-state index contributed by atoms with van der Waals surface area (Å²) in [5.41, 5.74) is -1.36. The third-order valence-electron chi connectivity index (χ3n) is 8.22. The molecule has 0 aromatic heterocycles. The summed E-state index contributed by atoms with van der Waals surface area (Å²) < 4.78 is 12.8. The van der Waals surface area contributed by atoms with Gasteiger partial charge in [0.2, 0.25) is 17.7 Å². The van der Waals surface area contributed by atoms with Crippen molar-refractivity contribution in [1.29, 1.82) is 0 Å². The van der Waals surface area contributed by atoms with E-state index in [0.717, 1.165) is 19.3 Å². The average molecular weight is 611 g/mol. The van der Waals surface area contributed by atoms with Gasteiger partial charge in [-0.2, -0.15) is 0 Å². The fourth-order valence-electron chi connectivity index (χ4n) is 6.23. The number of carbonyl (C=O) groups excluding carboxylic acids is 4. The van der Waals surface area contributed by atoms with Gasteiger partial charge in [0.1, 0.15) is 29.8 Å². The first-order valence-electron chi connectivity index (χ1n) is 14.1. The Labute approximate surface area is 238 Å². The van der Waals surface area contributed by atoms with Gasteiger partial charge < -0.3 is 29.7 Å². The largest absolute Gasteiger partial charge is 0.460 e. The fraction of sp³-hybridized carbons (Fsp3) is 0.714. The average Bonchev–Trinajstić information content (AvgIpc) is 3.50. The zero-order valence-corrected chi connectivity index (χ0v) is 24.5. The monoisotopic (exact) mass is 609 g/mol. The van der Waals surface area contributed by atoms with E-state index >= 15 is 0 Å². The third kappa shape index (κ3) is 5.54. The molecule has 216 valence electrons. The number of amides is 3. The maximum Gasteiger partial charge on any atom is 0.313 e. The van der Waals surface area contributed by atoms with Gasteiger partial charge in [-0.25, -0.2) is 0 Å². The van der Waals surface area contributed by atoms with Crippen LogP contribution in [0.25, 0.3) is 0 Å². The summed E-state index contributed by atoms with van der Waals surface area (Å²) in [7, 11) is 0. The molecular weight excluding hydrogens is 570 g/mol. The minimum Gasteiger partial charge on any atom is -0.460 e. The Kier molecular flexibility index (Phi) is 9.54. The van der Waals surface area contributed by atoms with Gasteiger partial charge in [-0.15, -0.1) is 0 Å². The Balaban J connectivity index is 1.79. The highest BCUT2D eigenvalue weighted by Gasteiger charge is 2.75. The number of unbranched alkanes of at least 4 members (excludes halogenated alkanes) is 2. The van der Waals surface area contributed by atoms with E-state index in [9.17, 15) is 24.3 Å². The van der Waals surface area contributed by atoms with Crippen LogP contribution in [-0.4, -0.2) is 94.7 Å². The quantitative estimate of drug-likeness (QED) is 0.257. The number of fused-ring (bicyclic) bond motifs is 2. The number of nitrogens with one attached hydrogen (secondary N) is 1. The number of cyclic esters (lactones) is 1. The molecule has 2 fully saturated rings. The molecule has 10 nitrogen and oxygen atoms in total. The summed E-state index contributed by atoms with van der Waals surface area (Å²) in [5.74, 6) is -3.36. The number of aliphatic hydroxyl groups excluding tert-OH is 1. The van der Waals surface area contributed by atoms with Crippen LogP contribution in [0, 0.1) is 11.8 Å². The lowest BCUT2D eigenvalue weighted by atomic mass is 9.74. The van der Waals surface area contributed by atoms with E-state index < -0.39 is 47.7 Å². The molecule has 0 aliphatic carbocycles. The Bertz CT molecular complexity index is 1030. The topological polar surface area (TPSA) is 125 Å². The highest BCUT2D eigenvalue weighted by Crippen LogP contribution is 2.59. The maximum absolute atomic E-state index is 14.4. The molecule has 0 saturated carbocycles. The van der Waals surface area contributed by atoms with Gasteiger partial charge in [0.25, 0.3) is 0 Å². The van der Waals surface area contributed by atoms with Gasteiger partial charge in [0.15, 0.2) is 0 Å². The van der Waals surface area contributed by atoms with Crippen molar-refractivity contribution < 1.29 is 33.8 Å². The minimum absolute atomic E-state index is 0.147. The second-order valence-electron chi connectivity index (χ2n) is 10.9. The van der Waals surface area contributed by atoms with E-state index in [0.29, 0.717) is 30.4 Å². The summed E-state index contributed by atoms with van der Waals surface area (Å²) in [6.45, 7) is 6.26. The Hall–Kier alpha value is -2.24. The van der Waals surface area contributed by atoms with Crippen molar-refractivity contribution in [2.24, 2.45) is 11.8 Å². The van der Waals surface area contributed by atoms with Crippen LogP contribution in [0.4, 0.5) is 0 Å². The molecular formula is C28H40BrN3O7. The molecule has 3 amide bonds.